The Balaban J connectivity index is 1.84. The molecule has 1 aromatic heterocycles. The Morgan fingerprint density at radius 3 is 2.74 bits per heavy atom. The minimum absolute atomic E-state index is 0.214. The lowest BCUT2D eigenvalue weighted by molar-refractivity contribution is -0.0760. The van der Waals surface area contributed by atoms with Crippen LogP contribution >= 0.6 is 11.3 Å². The summed E-state index contributed by atoms with van der Waals surface area (Å²) in [4.78, 5) is 38.8. The molecule has 0 radical (unpaired) electrons. The Hall–Kier alpha value is -1.71. The molecular formula is C18H28N4O4S. The van der Waals surface area contributed by atoms with E-state index in [0.29, 0.717) is 24.8 Å². The van der Waals surface area contributed by atoms with Gasteiger partial charge in [-0.15, -0.1) is 11.3 Å². The fourth-order valence-corrected chi connectivity index (χ4v) is 4.43. The Bertz CT molecular complexity index is 702. The van der Waals surface area contributed by atoms with Crippen molar-refractivity contribution in [1.82, 2.24) is 19.8 Å². The van der Waals surface area contributed by atoms with Gasteiger partial charge in [0, 0.05) is 31.6 Å². The van der Waals surface area contributed by atoms with Gasteiger partial charge in [-0.1, -0.05) is 0 Å². The van der Waals surface area contributed by atoms with Crippen LogP contribution in [0.3, 0.4) is 0 Å². The maximum atomic E-state index is 12.8. The topological polar surface area (TPSA) is 75.2 Å². The van der Waals surface area contributed by atoms with Gasteiger partial charge in [0.15, 0.2) is 0 Å². The molecule has 2 amide bonds. The zero-order valence-electron chi connectivity index (χ0n) is 16.6. The molecule has 0 N–H and O–H groups in total. The number of piperazine rings is 1. The molecule has 27 heavy (non-hydrogen) atoms. The van der Waals surface area contributed by atoms with Crippen LogP contribution in [0.15, 0.2) is 5.38 Å². The molecule has 0 unspecified atom stereocenters. The van der Waals surface area contributed by atoms with E-state index < -0.39 is 5.60 Å². The lowest BCUT2D eigenvalue weighted by Gasteiger charge is -2.42. The molecule has 3 rings (SSSR count). The van der Waals surface area contributed by atoms with Crippen LogP contribution in [0.4, 0.5) is 4.79 Å². The monoisotopic (exact) mass is 396 g/mol. The summed E-state index contributed by atoms with van der Waals surface area (Å²) in [7, 11) is 2.98. The van der Waals surface area contributed by atoms with Crippen LogP contribution in [0.1, 0.15) is 55.2 Å². The van der Waals surface area contributed by atoms with Crippen molar-refractivity contribution in [1.29, 1.82) is 0 Å². The molecule has 2 fully saturated rings. The van der Waals surface area contributed by atoms with E-state index in [0.717, 1.165) is 29.5 Å². The van der Waals surface area contributed by atoms with Gasteiger partial charge < -0.3 is 4.74 Å². The van der Waals surface area contributed by atoms with E-state index in [1.807, 2.05) is 20.8 Å². The summed E-state index contributed by atoms with van der Waals surface area (Å²) in [6.07, 6.45) is 1.91. The molecule has 0 bridgehead atoms. The number of rotatable bonds is 3. The van der Waals surface area contributed by atoms with Gasteiger partial charge in [0.2, 0.25) is 0 Å². The number of amides is 2. The fraction of sp³-hybridized carbons (Fsp3) is 0.722. The van der Waals surface area contributed by atoms with Gasteiger partial charge in [-0.05, 0) is 40.2 Å². The zero-order chi connectivity index (χ0) is 19.8. The Morgan fingerprint density at radius 1 is 1.33 bits per heavy atom. The molecule has 0 spiro atoms. The third kappa shape index (κ3) is 4.41. The molecule has 1 aromatic rings. The zero-order valence-corrected chi connectivity index (χ0v) is 17.4. The molecule has 3 heterocycles. The first kappa shape index (κ1) is 20.0. The van der Waals surface area contributed by atoms with Crippen LogP contribution in [-0.2, 0) is 9.57 Å². The normalized spacial score (nSPS) is 23.2. The molecule has 0 aliphatic carbocycles. The van der Waals surface area contributed by atoms with Crippen LogP contribution < -0.4 is 0 Å². The largest absolute Gasteiger partial charge is 0.444 e. The quantitative estimate of drug-likeness (QED) is 0.731. The van der Waals surface area contributed by atoms with E-state index in [4.69, 9.17) is 9.57 Å². The summed E-state index contributed by atoms with van der Waals surface area (Å²) in [5, 5.41) is 3.61. The number of thiazole rings is 1. The standard InChI is InChI=1S/C18H28N4O4S/c1-18(2,3)26-17(24)22-9-12-7-6-8-21(12)10-14(22)15-19-13(11-27-15)16(23)20(4)25-5/h11-12,14H,6-10H2,1-5H3/t12-,14+/m1/s1. The number of ether oxygens (including phenoxy) is 1. The number of carbonyl (C=O) groups is 2. The number of hydroxylamine groups is 2. The van der Waals surface area contributed by atoms with Gasteiger partial charge >= 0.3 is 6.09 Å². The second-order valence-corrected chi connectivity index (χ2v) is 8.89. The Labute approximate surface area is 164 Å². The van der Waals surface area contributed by atoms with Gasteiger partial charge in [-0.3, -0.25) is 19.4 Å². The van der Waals surface area contributed by atoms with Crippen molar-refractivity contribution in [2.45, 2.75) is 51.3 Å². The van der Waals surface area contributed by atoms with Crippen LogP contribution in [0.5, 0.6) is 0 Å². The van der Waals surface area contributed by atoms with Crippen LogP contribution in [0, 0.1) is 0 Å². The average molecular weight is 397 g/mol. The number of carbonyl (C=O) groups excluding carboxylic acids is 2. The Kier molecular flexibility index (Phi) is 5.73. The minimum Gasteiger partial charge on any atom is -0.444 e. The average Bonchev–Trinajstić information content (AvgIpc) is 3.26. The second kappa shape index (κ2) is 7.73. The highest BCUT2D eigenvalue weighted by molar-refractivity contribution is 7.09. The summed E-state index contributed by atoms with van der Waals surface area (Å²) < 4.78 is 5.64. The van der Waals surface area contributed by atoms with Crippen LogP contribution in [0.2, 0.25) is 0 Å². The molecule has 9 heteroatoms. The van der Waals surface area contributed by atoms with Gasteiger partial charge in [0.05, 0.1) is 13.2 Å². The van der Waals surface area contributed by atoms with Gasteiger partial charge in [-0.2, -0.15) is 0 Å². The molecule has 150 valence electrons. The lowest BCUT2D eigenvalue weighted by atomic mass is 10.1. The smallest absolute Gasteiger partial charge is 0.410 e. The molecule has 0 saturated carbocycles. The number of hydrogen-bond acceptors (Lipinski definition) is 7. The highest BCUT2D eigenvalue weighted by Crippen LogP contribution is 2.35. The van der Waals surface area contributed by atoms with Crippen molar-refractivity contribution in [2.75, 3.05) is 33.8 Å². The van der Waals surface area contributed by atoms with E-state index in [1.54, 1.807) is 17.3 Å². The van der Waals surface area contributed by atoms with Crippen molar-refractivity contribution in [3.63, 3.8) is 0 Å². The number of hydrogen-bond donors (Lipinski definition) is 0. The third-order valence-electron chi connectivity index (χ3n) is 4.90. The number of fused-ring (bicyclic) bond motifs is 1. The van der Waals surface area contributed by atoms with E-state index in [1.165, 1.54) is 18.4 Å². The predicted molar refractivity (Wildman–Crippen MR) is 101 cm³/mol. The Morgan fingerprint density at radius 2 is 2.07 bits per heavy atom. The predicted octanol–water partition coefficient (Wildman–Crippen LogP) is 2.53. The van der Waals surface area contributed by atoms with E-state index in [-0.39, 0.29) is 18.0 Å². The van der Waals surface area contributed by atoms with E-state index >= 15 is 0 Å². The summed E-state index contributed by atoms with van der Waals surface area (Å²) >= 11 is 1.40. The first-order valence-electron chi connectivity index (χ1n) is 9.21. The summed E-state index contributed by atoms with van der Waals surface area (Å²) in [5.41, 5.74) is -0.230. The van der Waals surface area contributed by atoms with Crippen molar-refractivity contribution in [3.8, 4) is 0 Å². The first-order valence-corrected chi connectivity index (χ1v) is 10.1. The maximum absolute atomic E-state index is 12.8. The summed E-state index contributed by atoms with van der Waals surface area (Å²) in [6, 6.07) is 0.156. The molecule has 2 atom stereocenters. The fourth-order valence-electron chi connectivity index (χ4n) is 3.53. The van der Waals surface area contributed by atoms with Crippen molar-refractivity contribution in [3.05, 3.63) is 16.1 Å². The molecule has 2 saturated heterocycles. The second-order valence-electron chi connectivity index (χ2n) is 8.00. The lowest BCUT2D eigenvalue weighted by Crippen LogP contribution is -2.54. The van der Waals surface area contributed by atoms with Gasteiger partial charge in [-0.25, -0.2) is 14.8 Å². The molecule has 8 nitrogen and oxygen atoms in total. The molecular weight excluding hydrogens is 368 g/mol. The van der Waals surface area contributed by atoms with E-state index in [9.17, 15) is 9.59 Å². The van der Waals surface area contributed by atoms with E-state index in [2.05, 4.69) is 9.88 Å². The highest BCUT2D eigenvalue weighted by atomic mass is 32.1. The van der Waals surface area contributed by atoms with Gasteiger partial charge in [0.25, 0.3) is 5.91 Å². The van der Waals surface area contributed by atoms with Crippen LogP contribution in [-0.4, -0.2) is 77.3 Å². The maximum Gasteiger partial charge on any atom is 0.410 e. The third-order valence-corrected chi connectivity index (χ3v) is 5.85. The van der Waals surface area contributed by atoms with Crippen molar-refractivity contribution < 1.29 is 19.2 Å². The summed E-state index contributed by atoms with van der Waals surface area (Å²) in [6.45, 7) is 7.98. The van der Waals surface area contributed by atoms with Crippen LogP contribution in [0.25, 0.3) is 0 Å². The van der Waals surface area contributed by atoms with Crippen molar-refractivity contribution in [2.24, 2.45) is 0 Å². The number of nitrogens with zero attached hydrogens (tertiary/aromatic N) is 4. The van der Waals surface area contributed by atoms with Crippen molar-refractivity contribution >= 4 is 23.3 Å². The summed E-state index contributed by atoms with van der Waals surface area (Å²) in [5.74, 6) is -0.307. The number of aromatic nitrogens is 1. The molecule has 2 aliphatic rings. The molecule has 0 aromatic carbocycles. The first-order chi connectivity index (χ1) is 12.7. The minimum atomic E-state index is -0.556. The highest BCUT2D eigenvalue weighted by Gasteiger charge is 2.42. The molecule has 2 aliphatic heterocycles. The SMILES string of the molecule is CON(C)C(=O)c1csc([C@@H]2CN3CCC[C@@H]3CN2C(=O)OC(C)(C)C)n1. The van der Waals surface area contributed by atoms with Gasteiger partial charge in [0.1, 0.15) is 16.3 Å².